The van der Waals surface area contributed by atoms with Crippen LogP contribution in [0.3, 0.4) is 0 Å². The van der Waals surface area contributed by atoms with E-state index in [0.29, 0.717) is 19.8 Å². The SMILES string of the molecule is CC1CCN(CCCNC(=NCC2CCCO2)Nc2ccc3c(c2)OCCCO3)CC1. The van der Waals surface area contributed by atoms with Crippen LogP contribution in [0.1, 0.15) is 45.4 Å². The van der Waals surface area contributed by atoms with Gasteiger partial charge in [0.15, 0.2) is 17.5 Å². The molecule has 1 aromatic rings. The molecule has 7 heteroatoms. The van der Waals surface area contributed by atoms with Gasteiger partial charge in [0, 0.05) is 31.3 Å². The fourth-order valence-electron chi connectivity index (χ4n) is 4.29. The Morgan fingerprint density at radius 2 is 1.90 bits per heavy atom. The second-order valence-electron chi connectivity index (χ2n) is 8.97. The zero-order valence-corrected chi connectivity index (χ0v) is 18.9. The molecular weight excluding hydrogens is 392 g/mol. The van der Waals surface area contributed by atoms with Crippen LogP contribution < -0.4 is 20.1 Å². The fourth-order valence-corrected chi connectivity index (χ4v) is 4.29. The standard InChI is InChI=1S/C24H38N4O3/c1-19-8-12-28(13-9-19)11-3-10-25-24(26-18-21-5-2-14-29-21)27-20-6-7-22-23(17-20)31-16-4-15-30-22/h6-7,17,19,21H,2-5,8-16,18H2,1H3,(H2,25,26,27). The molecule has 0 aromatic heterocycles. The van der Waals surface area contributed by atoms with E-state index in [0.717, 1.165) is 74.4 Å². The summed E-state index contributed by atoms with van der Waals surface area (Å²) in [5.74, 6) is 3.28. The third-order valence-corrected chi connectivity index (χ3v) is 6.31. The topological polar surface area (TPSA) is 67.4 Å². The zero-order chi connectivity index (χ0) is 21.3. The number of fused-ring (bicyclic) bond motifs is 1. The van der Waals surface area contributed by atoms with Crippen molar-refractivity contribution in [1.82, 2.24) is 10.2 Å². The van der Waals surface area contributed by atoms with E-state index < -0.39 is 0 Å². The van der Waals surface area contributed by atoms with Crippen LogP contribution in [0.25, 0.3) is 0 Å². The Morgan fingerprint density at radius 1 is 1.06 bits per heavy atom. The van der Waals surface area contributed by atoms with Gasteiger partial charge in [-0.15, -0.1) is 0 Å². The Hall–Kier alpha value is -1.99. The summed E-state index contributed by atoms with van der Waals surface area (Å²) in [7, 11) is 0. The Balaban J connectivity index is 1.31. The van der Waals surface area contributed by atoms with E-state index in [9.17, 15) is 0 Å². The highest BCUT2D eigenvalue weighted by Crippen LogP contribution is 2.32. The van der Waals surface area contributed by atoms with E-state index in [1.165, 1.54) is 25.9 Å². The van der Waals surface area contributed by atoms with Crippen molar-refractivity contribution in [3.8, 4) is 11.5 Å². The Morgan fingerprint density at radius 3 is 2.71 bits per heavy atom. The smallest absolute Gasteiger partial charge is 0.195 e. The highest BCUT2D eigenvalue weighted by Gasteiger charge is 2.17. The van der Waals surface area contributed by atoms with Crippen molar-refractivity contribution >= 4 is 11.6 Å². The molecule has 3 heterocycles. The monoisotopic (exact) mass is 430 g/mol. The van der Waals surface area contributed by atoms with E-state index in [2.05, 4.69) is 22.5 Å². The molecule has 2 N–H and O–H groups in total. The summed E-state index contributed by atoms with van der Waals surface area (Å²) in [4.78, 5) is 7.40. The van der Waals surface area contributed by atoms with Crippen LogP contribution in [0, 0.1) is 5.92 Å². The fraction of sp³-hybridized carbons (Fsp3) is 0.708. The molecule has 0 radical (unpaired) electrons. The van der Waals surface area contributed by atoms with Crippen LogP contribution in [0.4, 0.5) is 5.69 Å². The van der Waals surface area contributed by atoms with Crippen molar-refractivity contribution < 1.29 is 14.2 Å². The lowest BCUT2D eigenvalue weighted by molar-refractivity contribution is 0.118. The molecule has 0 bridgehead atoms. The first-order chi connectivity index (χ1) is 15.3. The Labute approximate surface area is 186 Å². The average Bonchev–Trinajstić information content (AvgIpc) is 3.20. The molecule has 2 fully saturated rings. The van der Waals surface area contributed by atoms with Crippen LogP contribution in [0.15, 0.2) is 23.2 Å². The van der Waals surface area contributed by atoms with Gasteiger partial charge in [0.25, 0.3) is 0 Å². The third-order valence-electron chi connectivity index (χ3n) is 6.31. The first kappa shape index (κ1) is 22.2. The summed E-state index contributed by atoms with van der Waals surface area (Å²) in [6.07, 6.45) is 7.12. The number of anilines is 1. The molecule has 4 rings (SSSR count). The van der Waals surface area contributed by atoms with Crippen molar-refractivity contribution in [2.45, 2.75) is 51.6 Å². The molecule has 1 aromatic carbocycles. The lowest BCUT2D eigenvalue weighted by Gasteiger charge is -2.30. The first-order valence-corrected chi connectivity index (χ1v) is 12.1. The van der Waals surface area contributed by atoms with Crippen LogP contribution in [0.2, 0.25) is 0 Å². The minimum Gasteiger partial charge on any atom is -0.490 e. The minimum atomic E-state index is 0.234. The van der Waals surface area contributed by atoms with Gasteiger partial charge in [-0.1, -0.05) is 6.92 Å². The van der Waals surface area contributed by atoms with Gasteiger partial charge in [0.2, 0.25) is 0 Å². The van der Waals surface area contributed by atoms with Crippen molar-refractivity contribution in [3.63, 3.8) is 0 Å². The Kier molecular flexibility index (Phi) is 8.30. The minimum absolute atomic E-state index is 0.234. The molecule has 1 unspecified atom stereocenters. The summed E-state index contributed by atoms with van der Waals surface area (Å²) in [6, 6.07) is 5.99. The molecule has 0 aliphatic carbocycles. The van der Waals surface area contributed by atoms with Gasteiger partial charge in [-0.25, -0.2) is 0 Å². The lowest BCUT2D eigenvalue weighted by Crippen LogP contribution is -2.37. The van der Waals surface area contributed by atoms with Crippen LogP contribution in [0.5, 0.6) is 11.5 Å². The van der Waals surface area contributed by atoms with Crippen molar-refractivity contribution in [2.75, 3.05) is 57.9 Å². The van der Waals surface area contributed by atoms with Crippen LogP contribution in [-0.2, 0) is 4.74 Å². The number of hydrogen-bond donors (Lipinski definition) is 2. The number of rotatable bonds is 7. The van der Waals surface area contributed by atoms with Gasteiger partial charge in [0.1, 0.15) is 0 Å². The van der Waals surface area contributed by atoms with Gasteiger partial charge >= 0.3 is 0 Å². The maximum absolute atomic E-state index is 5.83. The van der Waals surface area contributed by atoms with Crippen molar-refractivity contribution in [2.24, 2.45) is 10.9 Å². The molecule has 172 valence electrons. The predicted molar refractivity (Wildman–Crippen MR) is 124 cm³/mol. The number of likely N-dealkylation sites (tertiary alicyclic amines) is 1. The number of piperidine rings is 1. The van der Waals surface area contributed by atoms with Gasteiger partial charge in [0.05, 0.1) is 25.9 Å². The molecule has 2 saturated heterocycles. The number of benzene rings is 1. The van der Waals surface area contributed by atoms with Crippen molar-refractivity contribution in [3.05, 3.63) is 18.2 Å². The summed E-state index contributed by atoms with van der Waals surface area (Å²) in [5.41, 5.74) is 0.952. The molecule has 0 saturated carbocycles. The van der Waals surface area contributed by atoms with Gasteiger partial charge in [-0.2, -0.15) is 0 Å². The van der Waals surface area contributed by atoms with Gasteiger partial charge in [-0.3, -0.25) is 4.99 Å². The van der Waals surface area contributed by atoms with Crippen LogP contribution in [-0.4, -0.2) is 69.5 Å². The number of aliphatic imine (C=N–C) groups is 1. The van der Waals surface area contributed by atoms with E-state index >= 15 is 0 Å². The number of nitrogens with zero attached hydrogens (tertiary/aromatic N) is 2. The molecular formula is C24H38N4O3. The summed E-state index contributed by atoms with van der Waals surface area (Å²) < 4.78 is 17.3. The van der Waals surface area contributed by atoms with E-state index in [4.69, 9.17) is 19.2 Å². The summed E-state index contributed by atoms with van der Waals surface area (Å²) in [6.45, 7) is 9.79. The second kappa shape index (κ2) is 11.6. The average molecular weight is 431 g/mol. The lowest BCUT2D eigenvalue weighted by atomic mass is 9.99. The largest absolute Gasteiger partial charge is 0.490 e. The van der Waals surface area contributed by atoms with E-state index in [1.54, 1.807) is 0 Å². The second-order valence-corrected chi connectivity index (χ2v) is 8.97. The normalized spacial score (nSPS) is 22.9. The number of nitrogens with one attached hydrogen (secondary N) is 2. The quantitative estimate of drug-likeness (QED) is 0.392. The number of hydrogen-bond acceptors (Lipinski definition) is 5. The zero-order valence-electron chi connectivity index (χ0n) is 18.9. The first-order valence-electron chi connectivity index (χ1n) is 12.1. The number of ether oxygens (including phenoxy) is 3. The van der Waals surface area contributed by atoms with Gasteiger partial charge < -0.3 is 29.7 Å². The van der Waals surface area contributed by atoms with E-state index in [1.807, 2.05) is 18.2 Å². The molecule has 31 heavy (non-hydrogen) atoms. The molecule has 0 amide bonds. The maximum atomic E-state index is 5.83. The molecule has 0 spiro atoms. The van der Waals surface area contributed by atoms with Crippen molar-refractivity contribution in [1.29, 1.82) is 0 Å². The van der Waals surface area contributed by atoms with E-state index in [-0.39, 0.29) is 6.10 Å². The predicted octanol–water partition coefficient (Wildman–Crippen LogP) is 3.51. The molecule has 3 aliphatic rings. The molecule has 1 atom stereocenters. The highest BCUT2D eigenvalue weighted by atomic mass is 16.5. The third kappa shape index (κ3) is 7.01. The number of guanidine groups is 1. The van der Waals surface area contributed by atoms with Crippen LogP contribution >= 0.6 is 0 Å². The summed E-state index contributed by atoms with van der Waals surface area (Å²) in [5, 5.41) is 6.97. The molecule has 3 aliphatic heterocycles. The Bertz CT molecular complexity index is 713. The maximum Gasteiger partial charge on any atom is 0.195 e. The highest BCUT2D eigenvalue weighted by molar-refractivity contribution is 5.94. The van der Waals surface area contributed by atoms with Gasteiger partial charge in [-0.05, 0) is 69.8 Å². The summed E-state index contributed by atoms with van der Waals surface area (Å²) >= 11 is 0. The molecule has 7 nitrogen and oxygen atoms in total.